The Hall–Kier alpha value is -1.08. The average molecular weight is 232 g/mol. The van der Waals surface area contributed by atoms with Crippen molar-refractivity contribution in [1.82, 2.24) is 15.5 Å². The van der Waals surface area contributed by atoms with Crippen LogP contribution < -0.4 is 10.0 Å². The van der Waals surface area contributed by atoms with E-state index < -0.39 is 10.0 Å². The van der Waals surface area contributed by atoms with Crippen molar-refractivity contribution in [2.45, 2.75) is 19.9 Å². The zero-order valence-corrected chi connectivity index (χ0v) is 9.63. The normalized spacial score (nSPS) is 11.9. The van der Waals surface area contributed by atoms with Gasteiger partial charge in [0, 0.05) is 18.8 Å². The van der Waals surface area contributed by atoms with Crippen molar-refractivity contribution in [1.29, 1.82) is 0 Å². The molecule has 3 N–H and O–H groups in total. The molecule has 0 bridgehead atoms. The minimum atomic E-state index is -3.27. The van der Waals surface area contributed by atoms with E-state index in [0.29, 0.717) is 12.2 Å². The van der Waals surface area contributed by atoms with Crippen molar-refractivity contribution in [3.63, 3.8) is 0 Å². The summed E-state index contributed by atoms with van der Waals surface area (Å²) in [4.78, 5) is 0. The van der Waals surface area contributed by atoms with Gasteiger partial charge in [0.1, 0.15) is 0 Å². The average Bonchev–Trinajstić information content (AvgIpc) is 2.54. The highest BCUT2D eigenvalue weighted by Crippen LogP contribution is 2.04. The molecular formula is C8H16N4O2S. The molecule has 0 amide bonds. The molecule has 0 fully saturated rings. The number of aromatic amines is 1. The number of nitrogens with one attached hydrogen (secondary N) is 3. The molecule has 15 heavy (non-hydrogen) atoms. The van der Waals surface area contributed by atoms with Gasteiger partial charge in [-0.3, -0.25) is 9.82 Å². The molecule has 1 aromatic heterocycles. The molecule has 0 saturated heterocycles. The lowest BCUT2D eigenvalue weighted by molar-refractivity contribution is 0.582. The Bertz CT molecular complexity index is 371. The number of nitrogens with zero attached hydrogens (tertiary/aromatic N) is 1. The van der Waals surface area contributed by atoms with Crippen LogP contribution in [0.25, 0.3) is 0 Å². The fraction of sp³-hybridized carbons (Fsp3) is 0.625. The molecule has 1 heterocycles. The molecule has 0 aliphatic carbocycles. The van der Waals surface area contributed by atoms with Crippen molar-refractivity contribution in [2.24, 2.45) is 0 Å². The maximum Gasteiger partial charge on any atom is 0.234 e. The van der Waals surface area contributed by atoms with Gasteiger partial charge in [0.2, 0.25) is 10.0 Å². The summed E-state index contributed by atoms with van der Waals surface area (Å²) in [5, 5.41) is 9.22. The predicted molar refractivity (Wildman–Crippen MR) is 59.1 cm³/mol. The Labute approximate surface area is 89.5 Å². The molecule has 0 aliphatic heterocycles. The highest BCUT2D eigenvalue weighted by atomic mass is 32.2. The quantitative estimate of drug-likeness (QED) is 0.651. The summed E-state index contributed by atoms with van der Waals surface area (Å²) in [5.74, 6) is 0.0519. The lowest BCUT2D eigenvalue weighted by Crippen LogP contribution is -2.30. The number of hydrogen-bond donors (Lipinski definition) is 3. The highest BCUT2D eigenvalue weighted by molar-refractivity contribution is 7.92. The molecule has 0 unspecified atom stereocenters. The van der Waals surface area contributed by atoms with Crippen LogP contribution in [0, 0.1) is 0 Å². The fourth-order valence-electron chi connectivity index (χ4n) is 1.02. The van der Waals surface area contributed by atoms with Crippen LogP contribution >= 0.6 is 0 Å². The van der Waals surface area contributed by atoms with E-state index in [2.05, 4.69) is 20.2 Å². The molecule has 0 saturated carbocycles. The second-order valence-corrected chi connectivity index (χ2v) is 5.36. The van der Waals surface area contributed by atoms with Gasteiger partial charge in [-0.15, -0.1) is 0 Å². The highest BCUT2D eigenvalue weighted by Gasteiger charge is 2.10. The first-order valence-electron chi connectivity index (χ1n) is 4.72. The van der Waals surface area contributed by atoms with Crippen molar-refractivity contribution in [3.8, 4) is 0 Å². The topological polar surface area (TPSA) is 86.9 Å². The zero-order valence-electron chi connectivity index (χ0n) is 8.82. The van der Waals surface area contributed by atoms with Crippen LogP contribution in [0.1, 0.15) is 13.8 Å². The first-order chi connectivity index (χ1) is 6.99. The summed E-state index contributed by atoms with van der Waals surface area (Å²) in [7, 11) is -3.27. The first kappa shape index (κ1) is 12.0. The predicted octanol–water partition coefficient (Wildman–Crippen LogP) is 0.149. The van der Waals surface area contributed by atoms with Crippen LogP contribution in [0.15, 0.2) is 12.4 Å². The number of rotatable bonds is 6. The van der Waals surface area contributed by atoms with Crippen molar-refractivity contribution in [2.75, 3.05) is 17.0 Å². The molecule has 1 aromatic rings. The maximum atomic E-state index is 11.5. The summed E-state index contributed by atoms with van der Waals surface area (Å²) in [6, 6.07) is 0.286. The van der Waals surface area contributed by atoms with E-state index in [9.17, 15) is 8.42 Å². The van der Waals surface area contributed by atoms with Gasteiger partial charge in [0.25, 0.3) is 0 Å². The molecule has 0 aromatic carbocycles. The number of aromatic nitrogens is 2. The van der Waals surface area contributed by atoms with Crippen molar-refractivity contribution >= 4 is 15.7 Å². The second kappa shape index (κ2) is 5.13. The Kier molecular flexibility index (Phi) is 4.10. The lowest BCUT2D eigenvalue weighted by Gasteiger charge is -2.09. The van der Waals surface area contributed by atoms with E-state index in [4.69, 9.17) is 0 Å². The standard InChI is InChI=1S/C8H16N4O2S/c1-7(2)9-3-4-15(13,14)12-8-5-10-11-6-8/h5-7,9,12H,3-4H2,1-2H3,(H,10,11). The number of H-pyrrole nitrogens is 1. The molecule has 0 radical (unpaired) electrons. The van der Waals surface area contributed by atoms with E-state index in [1.165, 1.54) is 12.4 Å². The van der Waals surface area contributed by atoms with E-state index in [0.717, 1.165) is 0 Å². The number of anilines is 1. The van der Waals surface area contributed by atoms with Gasteiger partial charge >= 0.3 is 0 Å². The zero-order chi connectivity index (χ0) is 11.3. The summed E-state index contributed by atoms with van der Waals surface area (Å²) < 4.78 is 25.4. The molecule has 0 atom stereocenters. The van der Waals surface area contributed by atoms with Crippen molar-refractivity contribution < 1.29 is 8.42 Å². The molecule has 6 nitrogen and oxygen atoms in total. The Morgan fingerprint density at radius 2 is 2.27 bits per heavy atom. The Morgan fingerprint density at radius 3 is 2.80 bits per heavy atom. The van der Waals surface area contributed by atoms with E-state index in [-0.39, 0.29) is 11.8 Å². The van der Waals surface area contributed by atoms with E-state index >= 15 is 0 Å². The van der Waals surface area contributed by atoms with E-state index in [1.807, 2.05) is 13.8 Å². The van der Waals surface area contributed by atoms with Crippen LogP contribution in [0.2, 0.25) is 0 Å². The summed E-state index contributed by atoms with van der Waals surface area (Å²) >= 11 is 0. The molecule has 7 heteroatoms. The summed E-state index contributed by atoms with van der Waals surface area (Å²) in [6.45, 7) is 4.37. The lowest BCUT2D eigenvalue weighted by atomic mass is 10.4. The van der Waals surface area contributed by atoms with Crippen molar-refractivity contribution in [3.05, 3.63) is 12.4 Å². The van der Waals surface area contributed by atoms with E-state index in [1.54, 1.807) is 0 Å². The van der Waals surface area contributed by atoms with Crippen LogP contribution in [0.4, 0.5) is 5.69 Å². The molecule has 1 rings (SSSR count). The van der Waals surface area contributed by atoms with Gasteiger partial charge in [-0.1, -0.05) is 13.8 Å². The summed E-state index contributed by atoms with van der Waals surface area (Å²) in [6.07, 6.45) is 2.92. The minimum Gasteiger partial charge on any atom is -0.313 e. The van der Waals surface area contributed by atoms with Crippen LogP contribution in [0.5, 0.6) is 0 Å². The molecular weight excluding hydrogens is 216 g/mol. The maximum absolute atomic E-state index is 11.5. The SMILES string of the molecule is CC(C)NCCS(=O)(=O)Nc1cn[nH]c1. The summed E-state index contributed by atoms with van der Waals surface area (Å²) in [5.41, 5.74) is 0.458. The number of hydrogen-bond acceptors (Lipinski definition) is 4. The third kappa shape index (κ3) is 4.80. The van der Waals surface area contributed by atoms with Gasteiger partial charge in [0.05, 0.1) is 17.6 Å². The van der Waals surface area contributed by atoms with Gasteiger partial charge in [-0.05, 0) is 0 Å². The van der Waals surface area contributed by atoms with Gasteiger partial charge in [-0.25, -0.2) is 8.42 Å². The van der Waals surface area contributed by atoms with Crippen LogP contribution in [-0.4, -0.2) is 37.0 Å². The number of sulfonamides is 1. The smallest absolute Gasteiger partial charge is 0.234 e. The third-order valence-electron chi connectivity index (χ3n) is 1.69. The molecule has 86 valence electrons. The largest absolute Gasteiger partial charge is 0.313 e. The first-order valence-corrected chi connectivity index (χ1v) is 6.37. The third-order valence-corrected chi connectivity index (χ3v) is 2.98. The molecule has 0 spiro atoms. The van der Waals surface area contributed by atoms with Gasteiger partial charge in [-0.2, -0.15) is 5.10 Å². The van der Waals surface area contributed by atoms with Crippen LogP contribution in [0.3, 0.4) is 0 Å². The minimum absolute atomic E-state index is 0.0519. The molecule has 0 aliphatic rings. The Morgan fingerprint density at radius 1 is 1.53 bits per heavy atom. The van der Waals surface area contributed by atoms with Gasteiger partial charge < -0.3 is 5.32 Å². The fourth-order valence-corrected chi connectivity index (χ4v) is 1.98. The Balaban J connectivity index is 2.39. The van der Waals surface area contributed by atoms with Gasteiger partial charge in [0.15, 0.2) is 0 Å². The van der Waals surface area contributed by atoms with Crippen LogP contribution in [-0.2, 0) is 10.0 Å². The monoisotopic (exact) mass is 232 g/mol. The second-order valence-electron chi connectivity index (χ2n) is 3.52.